The average Bonchev–Trinajstić information content (AvgIpc) is 2.76. The number of thiophene rings is 1. The van der Waals surface area contributed by atoms with Gasteiger partial charge >= 0.3 is 5.97 Å². The van der Waals surface area contributed by atoms with Gasteiger partial charge in [0.2, 0.25) is 0 Å². The maximum absolute atomic E-state index is 12.0. The van der Waals surface area contributed by atoms with Gasteiger partial charge in [0.15, 0.2) is 0 Å². The summed E-state index contributed by atoms with van der Waals surface area (Å²) in [5.41, 5.74) is 1.92. The minimum atomic E-state index is -0.300. The van der Waals surface area contributed by atoms with Crippen molar-refractivity contribution in [3.63, 3.8) is 0 Å². The summed E-state index contributed by atoms with van der Waals surface area (Å²) in [6, 6.07) is 0. The highest BCUT2D eigenvalue weighted by atomic mass is 32.1. The molecule has 0 N–H and O–H groups in total. The molecule has 21 heavy (non-hydrogen) atoms. The molecule has 2 rings (SSSR count). The number of rotatable bonds is 5. The van der Waals surface area contributed by atoms with Crippen molar-refractivity contribution >= 4 is 33.3 Å². The lowest BCUT2D eigenvalue weighted by atomic mass is 10.2. The molecule has 0 spiro atoms. The molecule has 0 bridgehead atoms. The molecule has 0 saturated carbocycles. The van der Waals surface area contributed by atoms with Gasteiger partial charge in [0.1, 0.15) is 21.9 Å². The Morgan fingerprint density at radius 1 is 1.48 bits per heavy atom. The van der Waals surface area contributed by atoms with E-state index in [-0.39, 0.29) is 5.97 Å². The van der Waals surface area contributed by atoms with Gasteiger partial charge in [-0.25, -0.2) is 14.8 Å². The predicted octanol–water partition coefficient (Wildman–Crippen LogP) is 3.19. The van der Waals surface area contributed by atoms with Crippen LogP contribution in [0.1, 0.15) is 29.1 Å². The SMILES string of the molecule is C=C(C)CN(C)c1ncnc2sc(C(=O)OCC)c(C)c12. The molecule has 5 nitrogen and oxygen atoms in total. The van der Waals surface area contributed by atoms with E-state index in [9.17, 15) is 4.79 Å². The van der Waals surface area contributed by atoms with Gasteiger partial charge in [-0.3, -0.25) is 0 Å². The number of hydrogen-bond donors (Lipinski definition) is 0. The number of aromatic nitrogens is 2. The Hall–Kier alpha value is -1.95. The van der Waals surface area contributed by atoms with Gasteiger partial charge in [-0.05, 0) is 26.3 Å². The summed E-state index contributed by atoms with van der Waals surface area (Å²) in [4.78, 5) is 24.1. The number of aryl methyl sites for hydroxylation is 1. The molecular weight excluding hydrogens is 286 g/mol. The topological polar surface area (TPSA) is 55.3 Å². The summed E-state index contributed by atoms with van der Waals surface area (Å²) in [7, 11) is 1.96. The summed E-state index contributed by atoms with van der Waals surface area (Å²) in [6.45, 7) is 10.7. The van der Waals surface area contributed by atoms with Crippen molar-refractivity contribution in [2.75, 3.05) is 25.1 Å². The Labute approximate surface area is 128 Å². The van der Waals surface area contributed by atoms with Crippen molar-refractivity contribution < 1.29 is 9.53 Å². The van der Waals surface area contributed by atoms with Gasteiger partial charge in [0.05, 0.1) is 12.0 Å². The van der Waals surface area contributed by atoms with E-state index >= 15 is 0 Å². The Bertz CT molecular complexity index is 694. The lowest BCUT2D eigenvalue weighted by molar-refractivity contribution is 0.0531. The molecule has 0 radical (unpaired) electrons. The van der Waals surface area contributed by atoms with Crippen LogP contribution in [0.2, 0.25) is 0 Å². The van der Waals surface area contributed by atoms with Crippen LogP contribution in [0.25, 0.3) is 10.2 Å². The highest BCUT2D eigenvalue weighted by molar-refractivity contribution is 7.20. The van der Waals surface area contributed by atoms with Gasteiger partial charge < -0.3 is 9.64 Å². The number of ether oxygens (including phenoxy) is 1. The molecule has 0 unspecified atom stereocenters. The first kappa shape index (κ1) is 15.4. The minimum absolute atomic E-state index is 0.300. The summed E-state index contributed by atoms with van der Waals surface area (Å²) >= 11 is 1.35. The fourth-order valence-electron chi connectivity index (χ4n) is 2.21. The molecule has 0 aliphatic heterocycles. The summed E-state index contributed by atoms with van der Waals surface area (Å²) in [6.07, 6.45) is 1.53. The van der Waals surface area contributed by atoms with Crippen LogP contribution in [0.5, 0.6) is 0 Å². The van der Waals surface area contributed by atoms with Crippen molar-refractivity contribution in [3.8, 4) is 0 Å². The zero-order valence-corrected chi connectivity index (χ0v) is 13.6. The standard InChI is InChI=1S/C15H19N3O2S/c1-6-20-15(19)12-10(4)11-13(18(5)7-9(2)3)16-8-17-14(11)21-12/h8H,2,6-7H2,1,3-5H3. The highest BCUT2D eigenvalue weighted by Crippen LogP contribution is 2.34. The van der Waals surface area contributed by atoms with E-state index in [2.05, 4.69) is 16.5 Å². The normalized spacial score (nSPS) is 10.7. The van der Waals surface area contributed by atoms with E-state index in [1.165, 1.54) is 17.7 Å². The Balaban J connectivity index is 2.54. The molecule has 6 heteroatoms. The fraction of sp³-hybridized carbons (Fsp3) is 0.400. The number of nitrogens with zero attached hydrogens (tertiary/aromatic N) is 3. The summed E-state index contributed by atoms with van der Waals surface area (Å²) < 4.78 is 5.10. The number of fused-ring (bicyclic) bond motifs is 1. The molecular formula is C15H19N3O2S. The maximum Gasteiger partial charge on any atom is 0.348 e. The van der Waals surface area contributed by atoms with Gasteiger partial charge in [0, 0.05) is 13.6 Å². The smallest absolute Gasteiger partial charge is 0.348 e. The second-order valence-electron chi connectivity index (χ2n) is 4.97. The molecule has 0 saturated heterocycles. The van der Waals surface area contributed by atoms with Gasteiger partial charge in [-0.1, -0.05) is 12.2 Å². The molecule has 0 atom stereocenters. The molecule has 0 fully saturated rings. The second kappa shape index (κ2) is 6.22. The van der Waals surface area contributed by atoms with Crippen molar-refractivity contribution in [3.05, 3.63) is 28.9 Å². The quantitative estimate of drug-likeness (QED) is 0.627. The van der Waals surface area contributed by atoms with Crippen LogP contribution in [0.4, 0.5) is 5.82 Å². The Morgan fingerprint density at radius 3 is 2.81 bits per heavy atom. The van der Waals surface area contributed by atoms with E-state index in [0.717, 1.165) is 27.2 Å². The van der Waals surface area contributed by atoms with E-state index in [1.807, 2.05) is 25.8 Å². The Kier molecular flexibility index (Phi) is 4.57. The molecule has 112 valence electrons. The molecule has 2 heterocycles. The van der Waals surface area contributed by atoms with Crippen LogP contribution < -0.4 is 4.90 Å². The number of likely N-dealkylation sites (N-methyl/N-ethyl adjacent to an activating group) is 1. The first-order chi connectivity index (χ1) is 9.95. The fourth-order valence-corrected chi connectivity index (χ4v) is 3.25. The van der Waals surface area contributed by atoms with Crippen LogP contribution in [-0.2, 0) is 4.74 Å². The maximum atomic E-state index is 12.0. The van der Waals surface area contributed by atoms with E-state index in [0.29, 0.717) is 18.0 Å². The second-order valence-corrected chi connectivity index (χ2v) is 5.97. The van der Waals surface area contributed by atoms with Crippen molar-refractivity contribution in [1.29, 1.82) is 0 Å². The van der Waals surface area contributed by atoms with Gasteiger partial charge in [-0.2, -0.15) is 0 Å². The number of carbonyl (C=O) groups is 1. The van der Waals surface area contributed by atoms with Gasteiger partial charge in [-0.15, -0.1) is 11.3 Å². The third-order valence-electron chi connectivity index (χ3n) is 3.04. The first-order valence-electron chi connectivity index (χ1n) is 6.72. The highest BCUT2D eigenvalue weighted by Gasteiger charge is 2.21. The lowest BCUT2D eigenvalue weighted by Crippen LogP contribution is -2.20. The number of carbonyl (C=O) groups excluding carboxylic acids is 1. The first-order valence-corrected chi connectivity index (χ1v) is 7.54. The van der Waals surface area contributed by atoms with Crippen LogP contribution >= 0.6 is 11.3 Å². The minimum Gasteiger partial charge on any atom is -0.462 e. The third-order valence-corrected chi connectivity index (χ3v) is 4.22. The molecule has 2 aromatic heterocycles. The zero-order chi connectivity index (χ0) is 15.6. The third kappa shape index (κ3) is 3.05. The number of esters is 1. The summed E-state index contributed by atoms with van der Waals surface area (Å²) in [5.74, 6) is 0.513. The van der Waals surface area contributed by atoms with E-state index in [1.54, 1.807) is 6.92 Å². The summed E-state index contributed by atoms with van der Waals surface area (Å²) in [5, 5.41) is 0.911. The van der Waals surface area contributed by atoms with Crippen LogP contribution in [0.3, 0.4) is 0 Å². The van der Waals surface area contributed by atoms with Crippen molar-refractivity contribution in [2.24, 2.45) is 0 Å². The molecule has 0 amide bonds. The average molecular weight is 305 g/mol. The van der Waals surface area contributed by atoms with Crippen LogP contribution in [0, 0.1) is 6.92 Å². The van der Waals surface area contributed by atoms with E-state index in [4.69, 9.17) is 4.74 Å². The van der Waals surface area contributed by atoms with Crippen molar-refractivity contribution in [1.82, 2.24) is 9.97 Å². The lowest BCUT2D eigenvalue weighted by Gasteiger charge is -2.19. The molecule has 0 aliphatic rings. The number of anilines is 1. The molecule has 0 aromatic carbocycles. The predicted molar refractivity (Wildman–Crippen MR) is 86.2 cm³/mol. The molecule has 2 aromatic rings. The van der Waals surface area contributed by atoms with E-state index < -0.39 is 0 Å². The monoisotopic (exact) mass is 305 g/mol. The number of hydrogen-bond acceptors (Lipinski definition) is 6. The van der Waals surface area contributed by atoms with Crippen molar-refractivity contribution in [2.45, 2.75) is 20.8 Å². The van der Waals surface area contributed by atoms with Crippen LogP contribution in [-0.4, -0.2) is 36.1 Å². The largest absolute Gasteiger partial charge is 0.462 e. The van der Waals surface area contributed by atoms with Gasteiger partial charge in [0.25, 0.3) is 0 Å². The Morgan fingerprint density at radius 2 is 2.19 bits per heavy atom. The zero-order valence-electron chi connectivity index (χ0n) is 12.8. The van der Waals surface area contributed by atoms with Crippen LogP contribution in [0.15, 0.2) is 18.5 Å². The molecule has 0 aliphatic carbocycles.